The second-order valence-electron chi connectivity index (χ2n) is 4.13. The minimum Gasteiger partial charge on any atom is -0.493 e. The average molecular weight is 304 g/mol. The molecule has 0 fully saturated rings. The van der Waals surface area contributed by atoms with Crippen LogP contribution < -0.4 is 19.6 Å². The van der Waals surface area contributed by atoms with Crippen LogP contribution in [0.5, 0.6) is 17.2 Å². The molecule has 2 aromatic rings. The molecule has 0 atom stereocenters. The molecule has 7 heteroatoms. The Balaban J connectivity index is 2.18. The number of hydrogen-bond donors (Lipinski definition) is 1. The lowest BCUT2D eigenvalue weighted by molar-refractivity contribution is 0.0954. The maximum absolute atomic E-state index is 12.1. The number of amides is 1. The van der Waals surface area contributed by atoms with Gasteiger partial charge in [-0.25, -0.2) is 5.43 Å². The molecule has 0 spiro atoms. The van der Waals surface area contributed by atoms with Crippen molar-refractivity contribution in [1.29, 1.82) is 0 Å². The van der Waals surface area contributed by atoms with Gasteiger partial charge < -0.3 is 18.6 Å². The highest BCUT2D eigenvalue weighted by Gasteiger charge is 2.16. The number of ether oxygens (including phenoxy) is 3. The van der Waals surface area contributed by atoms with Gasteiger partial charge in [0.05, 0.1) is 33.8 Å². The third-order valence-electron chi connectivity index (χ3n) is 2.83. The first-order valence-electron chi connectivity index (χ1n) is 6.36. The van der Waals surface area contributed by atoms with E-state index in [9.17, 15) is 4.79 Å². The largest absolute Gasteiger partial charge is 0.493 e. The molecule has 1 amide bonds. The molecule has 0 radical (unpaired) electrons. The molecule has 1 N–H and O–H groups in total. The molecular weight excluding hydrogens is 288 g/mol. The average Bonchev–Trinajstić information content (AvgIpc) is 3.06. The fraction of sp³-hybridized carbons (Fsp3) is 0.200. The van der Waals surface area contributed by atoms with E-state index in [0.29, 0.717) is 28.6 Å². The highest BCUT2D eigenvalue weighted by atomic mass is 16.5. The SMILES string of the molecule is COc1cc(C(=O)N/N=C\c2ccco2)cc(OC)c1OC. The van der Waals surface area contributed by atoms with E-state index in [1.54, 1.807) is 24.3 Å². The number of furan rings is 1. The quantitative estimate of drug-likeness (QED) is 0.652. The topological polar surface area (TPSA) is 82.3 Å². The number of benzene rings is 1. The Morgan fingerprint density at radius 1 is 1.18 bits per heavy atom. The van der Waals surface area contributed by atoms with Crippen LogP contribution in [0.1, 0.15) is 16.1 Å². The Labute approximate surface area is 127 Å². The van der Waals surface area contributed by atoms with Crippen LogP contribution in [0.2, 0.25) is 0 Å². The molecule has 0 saturated heterocycles. The molecule has 0 saturated carbocycles. The van der Waals surface area contributed by atoms with Crippen LogP contribution in [0.25, 0.3) is 0 Å². The lowest BCUT2D eigenvalue weighted by atomic mass is 10.1. The van der Waals surface area contributed by atoms with E-state index >= 15 is 0 Å². The fourth-order valence-corrected chi connectivity index (χ4v) is 1.80. The number of nitrogens with zero attached hydrogens (tertiary/aromatic N) is 1. The molecule has 0 unspecified atom stereocenters. The first-order chi connectivity index (χ1) is 10.7. The first-order valence-corrected chi connectivity index (χ1v) is 6.36. The summed E-state index contributed by atoms with van der Waals surface area (Å²) in [6.45, 7) is 0. The Hall–Kier alpha value is -2.96. The van der Waals surface area contributed by atoms with Crippen LogP contribution >= 0.6 is 0 Å². The van der Waals surface area contributed by atoms with Gasteiger partial charge in [-0.15, -0.1) is 0 Å². The lowest BCUT2D eigenvalue weighted by Crippen LogP contribution is -2.17. The summed E-state index contributed by atoms with van der Waals surface area (Å²) in [4.78, 5) is 12.1. The standard InChI is InChI=1S/C15H16N2O5/c1-19-12-7-10(8-13(20-2)14(12)21-3)15(18)17-16-9-11-5-4-6-22-11/h4-9H,1-3H3,(H,17,18)/b16-9-. The van der Waals surface area contributed by atoms with E-state index in [1.165, 1.54) is 33.8 Å². The van der Waals surface area contributed by atoms with Crippen LogP contribution in [0.3, 0.4) is 0 Å². The highest BCUT2D eigenvalue weighted by molar-refractivity contribution is 5.96. The zero-order chi connectivity index (χ0) is 15.9. The Morgan fingerprint density at radius 3 is 2.36 bits per heavy atom. The molecule has 0 aliphatic heterocycles. The summed E-state index contributed by atoms with van der Waals surface area (Å²) in [6, 6.07) is 6.52. The van der Waals surface area contributed by atoms with Crippen LogP contribution in [0.15, 0.2) is 40.0 Å². The van der Waals surface area contributed by atoms with Gasteiger partial charge in [0.15, 0.2) is 11.5 Å². The van der Waals surface area contributed by atoms with Gasteiger partial charge in [0.1, 0.15) is 5.76 Å². The van der Waals surface area contributed by atoms with Crippen molar-refractivity contribution in [3.8, 4) is 17.2 Å². The van der Waals surface area contributed by atoms with Gasteiger partial charge in [-0.05, 0) is 24.3 Å². The molecule has 0 aliphatic rings. The van der Waals surface area contributed by atoms with Crippen molar-refractivity contribution in [2.24, 2.45) is 5.10 Å². The molecule has 1 heterocycles. The smallest absolute Gasteiger partial charge is 0.271 e. The van der Waals surface area contributed by atoms with Crippen molar-refractivity contribution in [3.05, 3.63) is 41.9 Å². The third-order valence-corrected chi connectivity index (χ3v) is 2.83. The summed E-state index contributed by atoms with van der Waals surface area (Å²) >= 11 is 0. The van der Waals surface area contributed by atoms with Gasteiger partial charge in [0.2, 0.25) is 5.75 Å². The third kappa shape index (κ3) is 3.38. The number of hydrogen-bond acceptors (Lipinski definition) is 6. The molecule has 1 aromatic carbocycles. The fourth-order valence-electron chi connectivity index (χ4n) is 1.80. The zero-order valence-corrected chi connectivity index (χ0v) is 12.5. The summed E-state index contributed by atoms with van der Waals surface area (Å²) in [7, 11) is 4.45. The summed E-state index contributed by atoms with van der Waals surface area (Å²) in [6.07, 6.45) is 2.91. The van der Waals surface area contributed by atoms with Gasteiger partial charge >= 0.3 is 0 Å². The Morgan fingerprint density at radius 2 is 1.86 bits per heavy atom. The van der Waals surface area contributed by atoms with Crippen LogP contribution in [0.4, 0.5) is 0 Å². The molecule has 0 aliphatic carbocycles. The van der Waals surface area contributed by atoms with Crippen molar-refractivity contribution in [3.63, 3.8) is 0 Å². The van der Waals surface area contributed by atoms with Gasteiger partial charge in [0, 0.05) is 5.56 Å². The van der Waals surface area contributed by atoms with E-state index in [1.807, 2.05) is 0 Å². The Kier molecular flexibility index (Phi) is 5.02. The predicted octanol–water partition coefficient (Wildman–Crippen LogP) is 2.07. The van der Waals surface area contributed by atoms with Crippen molar-refractivity contribution in [1.82, 2.24) is 5.43 Å². The number of carbonyl (C=O) groups is 1. The van der Waals surface area contributed by atoms with Crippen molar-refractivity contribution in [2.45, 2.75) is 0 Å². The van der Waals surface area contributed by atoms with Crippen molar-refractivity contribution in [2.75, 3.05) is 21.3 Å². The monoisotopic (exact) mass is 304 g/mol. The van der Waals surface area contributed by atoms with Crippen molar-refractivity contribution >= 4 is 12.1 Å². The first kappa shape index (κ1) is 15.4. The van der Waals surface area contributed by atoms with E-state index in [0.717, 1.165) is 0 Å². The summed E-state index contributed by atoms with van der Waals surface area (Å²) in [5, 5.41) is 3.81. The predicted molar refractivity (Wildman–Crippen MR) is 79.9 cm³/mol. The van der Waals surface area contributed by atoms with E-state index in [-0.39, 0.29) is 0 Å². The molecule has 7 nitrogen and oxygen atoms in total. The molecule has 116 valence electrons. The van der Waals surface area contributed by atoms with Crippen LogP contribution in [-0.2, 0) is 0 Å². The van der Waals surface area contributed by atoms with E-state index in [4.69, 9.17) is 18.6 Å². The number of methoxy groups -OCH3 is 3. The van der Waals surface area contributed by atoms with E-state index < -0.39 is 5.91 Å². The van der Waals surface area contributed by atoms with Gasteiger partial charge in [0.25, 0.3) is 5.91 Å². The molecule has 2 rings (SSSR count). The van der Waals surface area contributed by atoms with Gasteiger partial charge in [-0.1, -0.05) is 0 Å². The summed E-state index contributed by atoms with van der Waals surface area (Å²) < 4.78 is 20.7. The molecular formula is C15H16N2O5. The number of hydrazone groups is 1. The summed E-state index contributed by atoms with van der Waals surface area (Å²) in [5.41, 5.74) is 2.72. The maximum Gasteiger partial charge on any atom is 0.271 e. The van der Waals surface area contributed by atoms with Crippen LogP contribution in [0, 0.1) is 0 Å². The van der Waals surface area contributed by atoms with Crippen molar-refractivity contribution < 1.29 is 23.4 Å². The number of carbonyl (C=O) groups excluding carboxylic acids is 1. The zero-order valence-electron chi connectivity index (χ0n) is 12.5. The number of rotatable bonds is 6. The minimum absolute atomic E-state index is 0.325. The molecule has 0 bridgehead atoms. The summed E-state index contributed by atoms with van der Waals surface area (Å²) in [5.74, 6) is 1.32. The Bertz CT molecular complexity index is 640. The normalized spacial score (nSPS) is 10.5. The molecule has 22 heavy (non-hydrogen) atoms. The lowest BCUT2D eigenvalue weighted by Gasteiger charge is -2.13. The second-order valence-corrected chi connectivity index (χ2v) is 4.13. The minimum atomic E-state index is -0.415. The molecule has 1 aromatic heterocycles. The van der Waals surface area contributed by atoms with Crippen LogP contribution in [-0.4, -0.2) is 33.5 Å². The second kappa shape index (κ2) is 7.16. The van der Waals surface area contributed by atoms with E-state index in [2.05, 4.69) is 10.5 Å². The van der Waals surface area contributed by atoms with Gasteiger partial charge in [-0.3, -0.25) is 4.79 Å². The maximum atomic E-state index is 12.1. The highest BCUT2D eigenvalue weighted by Crippen LogP contribution is 2.38. The number of nitrogens with one attached hydrogen (secondary N) is 1. The van der Waals surface area contributed by atoms with Gasteiger partial charge in [-0.2, -0.15) is 5.10 Å².